The molecule has 1 atom stereocenters. The fourth-order valence-electron chi connectivity index (χ4n) is 3.33. The van der Waals surface area contributed by atoms with Gasteiger partial charge in [-0.3, -0.25) is 19.1 Å². The first kappa shape index (κ1) is 20.0. The van der Waals surface area contributed by atoms with Gasteiger partial charge in [0.2, 0.25) is 11.8 Å². The minimum absolute atomic E-state index is 0.0396. The number of nitrogens with one attached hydrogen (secondary N) is 2. The smallest absolute Gasteiger partial charge is 0.323 e. The van der Waals surface area contributed by atoms with E-state index in [1.165, 1.54) is 21.2 Å². The van der Waals surface area contributed by atoms with Crippen molar-refractivity contribution in [3.8, 4) is 0 Å². The van der Waals surface area contributed by atoms with Crippen molar-refractivity contribution >= 4 is 35.0 Å². The van der Waals surface area contributed by atoms with Crippen molar-refractivity contribution in [3.63, 3.8) is 0 Å². The van der Waals surface area contributed by atoms with Gasteiger partial charge in [0.1, 0.15) is 6.54 Å². The van der Waals surface area contributed by atoms with Gasteiger partial charge in [-0.2, -0.15) is 0 Å². The van der Waals surface area contributed by atoms with E-state index in [1.807, 2.05) is 36.4 Å². The van der Waals surface area contributed by atoms with Gasteiger partial charge in [0, 0.05) is 6.54 Å². The van der Waals surface area contributed by atoms with Crippen LogP contribution in [0.25, 0.3) is 0 Å². The minimum Gasteiger partial charge on any atom is -0.323 e. The first-order chi connectivity index (χ1) is 14.5. The summed E-state index contributed by atoms with van der Waals surface area (Å²) in [5.41, 5.74) is 2.08. The highest BCUT2D eigenvalue weighted by atomic mass is 32.2. The fraction of sp³-hybridized carbons (Fsp3) is 0.238. The van der Waals surface area contributed by atoms with Crippen LogP contribution in [0.15, 0.2) is 64.5 Å². The van der Waals surface area contributed by atoms with Gasteiger partial charge in [-0.1, -0.05) is 54.2 Å². The number of rotatable bonds is 6. The molecule has 0 saturated heterocycles. The summed E-state index contributed by atoms with van der Waals surface area (Å²) in [5.74, 6) is -0.453. The molecule has 154 valence electrons. The normalized spacial score (nSPS) is 14.2. The van der Waals surface area contributed by atoms with Crippen LogP contribution in [0, 0.1) is 0 Å². The lowest BCUT2D eigenvalue weighted by Gasteiger charge is -2.30. The Morgan fingerprint density at radius 3 is 2.67 bits per heavy atom. The average molecular weight is 423 g/mol. The number of carbonyl (C=O) groups excluding carboxylic acids is 2. The lowest BCUT2D eigenvalue weighted by atomic mass is 10.1. The van der Waals surface area contributed by atoms with Gasteiger partial charge in [-0.25, -0.2) is 9.89 Å². The molecule has 0 fully saturated rings. The van der Waals surface area contributed by atoms with E-state index >= 15 is 0 Å². The van der Waals surface area contributed by atoms with Crippen LogP contribution < -0.4 is 15.9 Å². The van der Waals surface area contributed by atoms with E-state index in [9.17, 15) is 14.4 Å². The Bertz CT molecular complexity index is 1120. The van der Waals surface area contributed by atoms with Crippen molar-refractivity contribution in [2.24, 2.45) is 0 Å². The number of nitrogens with zero attached hydrogens (tertiary/aromatic N) is 3. The third kappa shape index (κ3) is 4.16. The Morgan fingerprint density at radius 2 is 1.87 bits per heavy atom. The second-order valence-electron chi connectivity index (χ2n) is 6.95. The molecule has 1 aliphatic heterocycles. The van der Waals surface area contributed by atoms with Gasteiger partial charge in [0.25, 0.3) is 0 Å². The summed E-state index contributed by atoms with van der Waals surface area (Å²) in [6, 6.07) is 17.1. The van der Waals surface area contributed by atoms with E-state index < -0.39 is 5.25 Å². The third-order valence-electron chi connectivity index (χ3n) is 4.86. The van der Waals surface area contributed by atoms with E-state index in [4.69, 9.17) is 0 Å². The van der Waals surface area contributed by atoms with Crippen LogP contribution in [0.4, 0.5) is 11.4 Å². The number of hydrogen-bond donors (Lipinski definition) is 2. The quantitative estimate of drug-likeness (QED) is 0.593. The van der Waals surface area contributed by atoms with Crippen LogP contribution in [-0.2, 0) is 22.6 Å². The molecule has 30 heavy (non-hydrogen) atoms. The molecular formula is C21H21N5O3S. The maximum atomic E-state index is 13.1. The monoisotopic (exact) mass is 423 g/mol. The summed E-state index contributed by atoms with van der Waals surface area (Å²) >= 11 is 1.20. The molecule has 2 aromatic carbocycles. The van der Waals surface area contributed by atoms with Gasteiger partial charge >= 0.3 is 5.69 Å². The zero-order valence-electron chi connectivity index (χ0n) is 16.4. The number of aromatic amines is 1. The van der Waals surface area contributed by atoms with Crippen molar-refractivity contribution in [1.82, 2.24) is 14.8 Å². The lowest BCUT2D eigenvalue weighted by Crippen LogP contribution is -2.45. The van der Waals surface area contributed by atoms with Crippen LogP contribution in [0.2, 0.25) is 0 Å². The molecule has 2 heterocycles. The standard InChI is InChI=1S/C21H21N5O3S/c1-14(19(28)26-13-18(27)22-16-9-5-6-10-17(16)26)30-21-24-23-20(29)25(21)12-11-15-7-3-2-4-8-15/h2-10,14H,11-13H2,1H3,(H,22,27)(H,23,29). The van der Waals surface area contributed by atoms with E-state index in [-0.39, 0.29) is 24.0 Å². The molecule has 9 heteroatoms. The number of H-pyrrole nitrogens is 1. The molecule has 3 aromatic rings. The maximum absolute atomic E-state index is 13.1. The molecular weight excluding hydrogens is 402 g/mol. The van der Waals surface area contributed by atoms with Gasteiger partial charge in [-0.15, -0.1) is 5.10 Å². The molecule has 1 aliphatic rings. The fourth-order valence-corrected chi connectivity index (χ4v) is 4.28. The number of aryl methyl sites for hydroxylation is 1. The predicted molar refractivity (Wildman–Crippen MR) is 116 cm³/mol. The number of amides is 2. The first-order valence-corrected chi connectivity index (χ1v) is 10.5. The van der Waals surface area contributed by atoms with E-state index in [1.54, 1.807) is 25.1 Å². The van der Waals surface area contributed by atoms with Crippen LogP contribution in [0.5, 0.6) is 0 Å². The summed E-state index contributed by atoms with van der Waals surface area (Å²) in [4.78, 5) is 38.8. The van der Waals surface area contributed by atoms with Crippen LogP contribution in [-0.4, -0.2) is 38.4 Å². The number of anilines is 2. The van der Waals surface area contributed by atoms with E-state index in [2.05, 4.69) is 15.5 Å². The second kappa shape index (κ2) is 8.58. The second-order valence-corrected chi connectivity index (χ2v) is 8.26. The number of thioether (sulfide) groups is 1. The summed E-state index contributed by atoms with van der Waals surface area (Å²) in [6.07, 6.45) is 0.676. The molecule has 0 bridgehead atoms. The first-order valence-electron chi connectivity index (χ1n) is 9.59. The van der Waals surface area contributed by atoms with Crippen molar-refractivity contribution < 1.29 is 9.59 Å². The highest BCUT2D eigenvalue weighted by Crippen LogP contribution is 2.31. The number of fused-ring (bicyclic) bond motifs is 1. The molecule has 1 aromatic heterocycles. The topological polar surface area (TPSA) is 100 Å². The van der Waals surface area contributed by atoms with Crippen molar-refractivity contribution in [2.45, 2.75) is 30.3 Å². The molecule has 4 rings (SSSR count). The Hall–Kier alpha value is -3.33. The van der Waals surface area contributed by atoms with Gasteiger partial charge in [0.15, 0.2) is 5.16 Å². The molecule has 2 amide bonds. The maximum Gasteiger partial charge on any atom is 0.343 e. The third-order valence-corrected chi connectivity index (χ3v) is 5.93. The van der Waals surface area contributed by atoms with Gasteiger partial charge in [-0.05, 0) is 31.0 Å². The minimum atomic E-state index is -0.533. The number of aromatic nitrogens is 3. The largest absolute Gasteiger partial charge is 0.343 e. The molecule has 2 N–H and O–H groups in total. The molecule has 0 aliphatic carbocycles. The molecule has 1 unspecified atom stereocenters. The zero-order chi connectivity index (χ0) is 21.1. The molecule has 0 saturated carbocycles. The summed E-state index contributed by atoms with van der Waals surface area (Å²) in [5, 5.41) is 9.25. The van der Waals surface area contributed by atoms with Gasteiger partial charge in [0.05, 0.1) is 16.6 Å². The predicted octanol–water partition coefficient (Wildman–Crippen LogP) is 2.28. The van der Waals surface area contributed by atoms with Crippen molar-refractivity contribution in [1.29, 1.82) is 0 Å². The Morgan fingerprint density at radius 1 is 1.13 bits per heavy atom. The average Bonchev–Trinajstić information content (AvgIpc) is 3.10. The Kier molecular flexibility index (Phi) is 5.71. The zero-order valence-corrected chi connectivity index (χ0v) is 17.2. The van der Waals surface area contributed by atoms with Crippen LogP contribution in [0.1, 0.15) is 12.5 Å². The van der Waals surface area contributed by atoms with E-state index in [0.29, 0.717) is 29.5 Å². The van der Waals surface area contributed by atoms with Crippen LogP contribution in [0.3, 0.4) is 0 Å². The summed E-state index contributed by atoms with van der Waals surface area (Å²) in [6.45, 7) is 2.17. The summed E-state index contributed by atoms with van der Waals surface area (Å²) in [7, 11) is 0. The number of hydrogen-bond acceptors (Lipinski definition) is 5. The molecule has 8 nitrogen and oxygen atoms in total. The summed E-state index contributed by atoms with van der Waals surface area (Å²) < 4.78 is 1.54. The number of benzene rings is 2. The molecule has 0 spiro atoms. The lowest BCUT2D eigenvalue weighted by molar-refractivity contribution is -0.121. The van der Waals surface area contributed by atoms with Crippen molar-refractivity contribution in [2.75, 3.05) is 16.8 Å². The van der Waals surface area contributed by atoms with E-state index in [0.717, 1.165) is 5.56 Å². The number of carbonyl (C=O) groups is 2. The van der Waals surface area contributed by atoms with Crippen LogP contribution >= 0.6 is 11.8 Å². The van der Waals surface area contributed by atoms with Gasteiger partial charge < -0.3 is 5.32 Å². The molecule has 0 radical (unpaired) electrons. The SMILES string of the molecule is CC(Sc1n[nH]c(=O)n1CCc1ccccc1)C(=O)N1CC(=O)Nc2ccccc21. The Labute approximate surface area is 177 Å². The Balaban J connectivity index is 1.49. The number of para-hydroxylation sites is 2. The highest BCUT2D eigenvalue weighted by Gasteiger charge is 2.30. The highest BCUT2D eigenvalue weighted by molar-refractivity contribution is 8.00. The van der Waals surface area contributed by atoms with Crippen molar-refractivity contribution in [3.05, 3.63) is 70.6 Å².